The van der Waals surface area contributed by atoms with Crippen molar-refractivity contribution >= 4 is 22.6 Å². The lowest BCUT2D eigenvalue weighted by atomic mass is 10.0. The Morgan fingerprint density at radius 1 is 0.941 bits per heavy atom. The molecule has 1 N–H and O–H groups in total. The van der Waals surface area contributed by atoms with Crippen LogP contribution in [0.15, 0.2) is 12.1 Å². The molecule has 1 rings (SSSR count). The minimum Gasteiger partial charge on any atom is -0.392 e. The molecule has 0 atom stereocenters. The summed E-state index contributed by atoms with van der Waals surface area (Å²) in [7, 11) is 0. The van der Waals surface area contributed by atoms with Crippen LogP contribution in [0.3, 0.4) is 0 Å². The van der Waals surface area contributed by atoms with Crippen LogP contribution in [0.25, 0.3) is 0 Å². The Balaban J connectivity index is 3.49. The largest absolute Gasteiger partial charge is 0.417 e. The highest BCUT2D eigenvalue weighted by atomic mass is 127. The van der Waals surface area contributed by atoms with E-state index < -0.39 is 39.2 Å². The molecule has 0 saturated carbocycles. The molecule has 0 aliphatic rings. The van der Waals surface area contributed by atoms with Gasteiger partial charge in [-0.15, -0.1) is 0 Å². The van der Waals surface area contributed by atoms with Crippen molar-refractivity contribution < 1.29 is 31.4 Å². The first kappa shape index (κ1) is 14.6. The standard InChI is InChI=1S/C9H5F6IO/c10-8(11,12)5-1-2-6(9(13,14)15)7(16)4(5)3-17/h1-2,17H,3H2. The fourth-order valence-electron chi connectivity index (χ4n) is 1.26. The number of benzene rings is 1. The summed E-state index contributed by atoms with van der Waals surface area (Å²) >= 11 is 1.15. The van der Waals surface area contributed by atoms with Crippen molar-refractivity contribution in [2.24, 2.45) is 0 Å². The van der Waals surface area contributed by atoms with Crippen molar-refractivity contribution in [1.29, 1.82) is 0 Å². The molecule has 0 fully saturated rings. The molecule has 17 heavy (non-hydrogen) atoms. The van der Waals surface area contributed by atoms with E-state index in [1.807, 2.05) is 0 Å². The highest BCUT2D eigenvalue weighted by Crippen LogP contribution is 2.39. The van der Waals surface area contributed by atoms with Gasteiger partial charge < -0.3 is 5.11 Å². The fourth-order valence-corrected chi connectivity index (χ4v) is 2.21. The molecule has 0 radical (unpaired) electrons. The van der Waals surface area contributed by atoms with Crippen LogP contribution in [-0.2, 0) is 19.0 Å². The summed E-state index contributed by atoms with van der Waals surface area (Å²) in [6.45, 7) is -1.10. The van der Waals surface area contributed by atoms with E-state index in [-0.39, 0.29) is 0 Å². The predicted molar refractivity (Wildman–Crippen MR) is 55.1 cm³/mol. The van der Waals surface area contributed by atoms with E-state index in [1.54, 1.807) is 0 Å². The van der Waals surface area contributed by atoms with Gasteiger partial charge in [0.2, 0.25) is 0 Å². The number of aliphatic hydroxyl groups is 1. The molecule has 0 unspecified atom stereocenters. The molecule has 0 spiro atoms. The van der Waals surface area contributed by atoms with E-state index in [1.165, 1.54) is 0 Å². The summed E-state index contributed by atoms with van der Waals surface area (Å²) in [4.78, 5) is 0. The van der Waals surface area contributed by atoms with Gasteiger partial charge >= 0.3 is 12.4 Å². The maximum absolute atomic E-state index is 12.4. The van der Waals surface area contributed by atoms with Crippen LogP contribution in [0, 0.1) is 3.57 Å². The minimum absolute atomic E-state index is 0.330. The molecule has 0 aliphatic carbocycles. The molecule has 8 heteroatoms. The van der Waals surface area contributed by atoms with E-state index in [9.17, 15) is 26.3 Å². The third kappa shape index (κ3) is 3.03. The van der Waals surface area contributed by atoms with Crippen molar-refractivity contribution in [3.63, 3.8) is 0 Å². The average Bonchev–Trinajstić information content (AvgIpc) is 2.13. The maximum Gasteiger partial charge on any atom is 0.417 e. The molecular formula is C9H5F6IO. The molecule has 1 aromatic rings. The van der Waals surface area contributed by atoms with Crippen LogP contribution in [0.5, 0.6) is 0 Å². The molecule has 96 valence electrons. The van der Waals surface area contributed by atoms with Crippen molar-refractivity contribution in [3.05, 3.63) is 32.4 Å². The first-order valence-corrected chi connectivity index (χ1v) is 5.23. The number of alkyl halides is 6. The summed E-state index contributed by atoms with van der Waals surface area (Å²) in [5.41, 5.74) is -3.19. The zero-order valence-electron chi connectivity index (χ0n) is 7.95. The molecule has 0 saturated heterocycles. The van der Waals surface area contributed by atoms with Crippen LogP contribution in [-0.4, -0.2) is 5.11 Å². The average molecular weight is 370 g/mol. The van der Waals surface area contributed by atoms with Gasteiger partial charge in [0.25, 0.3) is 0 Å². The third-order valence-corrected chi connectivity index (χ3v) is 3.24. The molecule has 0 bridgehead atoms. The van der Waals surface area contributed by atoms with E-state index >= 15 is 0 Å². The summed E-state index contributed by atoms with van der Waals surface area (Å²) < 4.78 is 74.0. The second-order valence-electron chi connectivity index (χ2n) is 3.11. The Morgan fingerprint density at radius 3 is 1.71 bits per heavy atom. The highest BCUT2D eigenvalue weighted by Gasteiger charge is 2.39. The van der Waals surface area contributed by atoms with Gasteiger partial charge in [-0.1, -0.05) is 0 Å². The fraction of sp³-hybridized carbons (Fsp3) is 0.333. The summed E-state index contributed by atoms with van der Waals surface area (Å²) in [5, 5.41) is 8.78. The predicted octanol–water partition coefficient (Wildman–Crippen LogP) is 3.82. The Bertz CT molecular complexity index is 423. The number of hydrogen-bond donors (Lipinski definition) is 1. The van der Waals surface area contributed by atoms with Gasteiger partial charge in [0, 0.05) is 9.13 Å². The first-order chi connectivity index (χ1) is 7.59. The lowest BCUT2D eigenvalue weighted by Gasteiger charge is -2.17. The zero-order valence-corrected chi connectivity index (χ0v) is 10.1. The minimum atomic E-state index is -4.79. The maximum atomic E-state index is 12.4. The van der Waals surface area contributed by atoms with E-state index in [0.29, 0.717) is 12.1 Å². The monoisotopic (exact) mass is 370 g/mol. The number of hydrogen-bond acceptors (Lipinski definition) is 1. The number of aliphatic hydroxyl groups excluding tert-OH is 1. The van der Waals surface area contributed by atoms with Gasteiger partial charge in [0.15, 0.2) is 0 Å². The molecule has 0 amide bonds. The lowest BCUT2D eigenvalue weighted by molar-refractivity contribution is -0.142. The van der Waals surface area contributed by atoms with Gasteiger partial charge in [-0.05, 0) is 34.7 Å². The molecule has 0 aromatic heterocycles. The van der Waals surface area contributed by atoms with Gasteiger partial charge in [-0.3, -0.25) is 0 Å². The zero-order chi connectivity index (χ0) is 13.4. The van der Waals surface area contributed by atoms with Crippen molar-refractivity contribution in [2.45, 2.75) is 19.0 Å². The number of halogens is 7. The summed E-state index contributed by atoms with van der Waals surface area (Å²) in [5.74, 6) is 0. The quantitative estimate of drug-likeness (QED) is 0.589. The first-order valence-electron chi connectivity index (χ1n) is 4.15. The van der Waals surface area contributed by atoms with E-state index in [0.717, 1.165) is 22.6 Å². The van der Waals surface area contributed by atoms with Crippen molar-refractivity contribution in [1.82, 2.24) is 0 Å². The Morgan fingerprint density at radius 2 is 1.35 bits per heavy atom. The normalized spacial score (nSPS) is 12.9. The lowest BCUT2D eigenvalue weighted by Crippen LogP contribution is -2.15. The topological polar surface area (TPSA) is 20.2 Å². The second kappa shape index (κ2) is 4.63. The second-order valence-corrected chi connectivity index (χ2v) is 4.19. The molecule has 0 aliphatic heterocycles. The third-order valence-electron chi connectivity index (χ3n) is 2.01. The Kier molecular flexibility index (Phi) is 3.97. The van der Waals surface area contributed by atoms with Gasteiger partial charge in [0.05, 0.1) is 17.7 Å². The van der Waals surface area contributed by atoms with Gasteiger partial charge in [0.1, 0.15) is 0 Å². The smallest absolute Gasteiger partial charge is 0.392 e. The Labute approximate surface area is 106 Å². The van der Waals surface area contributed by atoms with Crippen LogP contribution < -0.4 is 0 Å². The van der Waals surface area contributed by atoms with Gasteiger partial charge in [-0.2, -0.15) is 26.3 Å². The summed E-state index contributed by atoms with van der Waals surface area (Å²) in [6.07, 6.45) is -9.54. The van der Waals surface area contributed by atoms with Crippen molar-refractivity contribution in [2.75, 3.05) is 0 Å². The van der Waals surface area contributed by atoms with Crippen molar-refractivity contribution in [3.8, 4) is 0 Å². The van der Waals surface area contributed by atoms with Crippen LogP contribution in [0.4, 0.5) is 26.3 Å². The van der Waals surface area contributed by atoms with Crippen LogP contribution >= 0.6 is 22.6 Å². The molecule has 1 nitrogen and oxygen atoms in total. The Hall–Kier alpha value is -0.510. The van der Waals surface area contributed by atoms with Gasteiger partial charge in [-0.25, -0.2) is 0 Å². The number of rotatable bonds is 1. The summed E-state index contributed by atoms with van der Waals surface area (Å²) in [6, 6.07) is 0.695. The molecule has 0 heterocycles. The van der Waals surface area contributed by atoms with E-state index in [4.69, 9.17) is 5.11 Å². The van der Waals surface area contributed by atoms with E-state index in [2.05, 4.69) is 0 Å². The van der Waals surface area contributed by atoms with Crippen LogP contribution in [0.2, 0.25) is 0 Å². The highest BCUT2D eigenvalue weighted by molar-refractivity contribution is 14.1. The van der Waals surface area contributed by atoms with Crippen LogP contribution in [0.1, 0.15) is 16.7 Å². The SMILES string of the molecule is OCc1c(C(F)(F)F)ccc(C(F)(F)F)c1I. The molecular weight excluding hydrogens is 365 g/mol. The molecule has 1 aromatic carbocycles.